The largest absolute Gasteiger partial charge is 0.454 e. The van der Waals surface area contributed by atoms with Crippen molar-refractivity contribution in [2.75, 3.05) is 13.8 Å². The fourth-order valence-electron chi connectivity index (χ4n) is 3.00. The van der Waals surface area contributed by atoms with Crippen LogP contribution in [-0.2, 0) is 17.9 Å². The Labute approximate surface area is 162 Å². The van der Waals surface area contributed by atoms with Gasteiger partial charge in [-0.3, -0.25) is 4.79 Å². The second-order valence-electron chi connectivity index (χ2n) is 6.62. The van der Waals surface area contributed by atoms with Gasteiger partial charge in [0.15, 0.2) is 11.5 Å². The number of amides is 1. The lowest BCUT2D eigenvalue weighted by Crippen LogP contribution is -2.26. The summed E-state index contributed by atoms with van der Waals surface area (Å²) >= 11 is 0. The third kappa shape index (κ3) is 4.11. The summed E-state index contributed by atoms with van der Waals surface area (Å²) in [6.45, 7) is 1.31. The lowest BCUT2D eigenvalue weighted by atomic mass is 10.2. The minimum Gasteiger partial charge on any atom is -0.454 e. The van der Waals surface area contributed by atoms with Crippen LogP contribution in [0.3, 0.4) is 0 Å². The quantitative estimate of drug-likeness (QED) is 0.627. The van der Waals surface area contributed by atoms with E-state index < -0.39 is 0 Å². The molecule has 4 rings (SSSR count). The number of hydrogen-bond donors (Lipinski definition) is 0. The molecule has 28 heavy (non-hydrogen) atoms. The lowest BCUT2D eigenvalue weighted by molar-refractivity contribution is -0.130. The van der Waals surface area contributed by atoms with Crippen molar-refractivity contribution in [3.63, 3.8) is 0 Å². The highest BCUT2D eigenvalue weighted by atomic mass is 16.7. The summed E-state index contributed by atoms with van der Waals surface area (Å²) in [6, 6.07) is 15.4. The Hall–Kier alpha value is -3.42. The Kier molecular flexibility index (Phi) is 5.18. The van der Waals surface area contributed by atoms with Crippen molar-refractivity contribution in [1.29, 1.82) is 0 Å². The molecule has 0 unspecified atom stereocenters. The summed E-state index contributed by atoms with van der Waals surface area (Å²) in [6.07, 6.45) is 1.07. The molecule has 0 aliphatic carbocycles. The Bertz CT molecular complexity index is 957. The number of tetrazole rings is 1. The molecule has 0 N–H and O–H groups in total. The molecule has 0 bridgehead atoms. The van der Waals surface area contributed by atoms with E-state index in [0.717, 1.165) is 22.6 Å². The first-order valence-electron chi connectivity index (χ1n) is 9.15. The molecule has 8 heteroatoms. The highest BCUT2D eigenvalue weighted by molar-refractivity contribution is 5.75. The monoisotopic (exact) mass is 379 g/mol. The third-order valence-electron chi connectivity index (χ3n) is 4.52. The zero-order valence-electron chi connectivity index (χ0n) is 15.6. The van der Waals surface area contributed by atoms with E-state index in [2.05, 4.69) is 15.4 Å². The molecule has 1 aliphatic heterocycles. The second kappa shape index (κ2) is 8.08. The zero-order chi connectivity index (χ0) is 19.3. The summed E-state index contributed by atoms with van der Waals surface area (Å²) in [4.78, 5) is 15.6. The molecular weight excluding hydrogens is 358 g/mol. The van der Waals surface area contributed by atoms with Gasteiger partial charge in [-0.2, -0.15) is 4.80 Å². The molecule has 0 saturated heterocycles. The van der Waals surface area contributed by atoms with Gasteiger partial charge in [0.2, 0.25) is 18.5 Å². The van der Waals surface area contributed by atoms with Crippen LogP contribution in [0, 0.1) is 0 Å². The maximum atomic E-state index is 12.4. The Balaban J connectivity index is 1.26. The van der Waals surface area contributed by atoms with Gasteiger partial charge in [-0.15, -0.1) is 10.2 Å². The molecule has 0 spiro atoms. The minimum absolute atomic E-state index is 0.0704. The van der Waals surface area contributed by atoms with E-state index in [0.29, 0.717) is 31.8 Å². The Morgan fingerprint density at radius 1 is 1.14 bits per heavy atom. The number of rotatable bonds is 7. The van der Waals surface area contributed by atoms with E-state index in [-0.39, 0.29) is 12.7 Å². The molecular formula is C20H21N5O3. The number of fused-ring (bicyclic) bond motifs is 1. The molecule has 1 amide bonds. The minimum atomic E-state index is 0.0704. The van der Waals surface area contributed by atoms with Gasteiger partial charge in [0.05, 0.1) is 6.54 Å². The topological polar surface area (TPSA) is 82.4 Å². The van der Waals surface area contributed by atoms with Crippen LogP contribution >= 0.6 is 0 Å². The van der Waals surface area contributed by atoms with E-state index in [9.17, 15) is 4.79 Å². The van der Waals surface area contributed by atoms with Crippen molar-refractivity contribution in [3.05, 3.63) is 54.1 Å². The van der Waals surface area contributed by atoms with Crippen LogP contribution in [0.2, 0.25) is 0 Å². The molecule has 3 aromatic rings. The third-order valence-corrected chi connectivity index (χ3v) is 4.52. The predicted molar refractivity (Wildman–Crippen MR) is 102 cm³/mol. The van der Waals surface area contributed by atoms with Crippen molar-refractivity contribution in [3.8, 4) is 22.9 Å². The molecule has 8 nitrogen and oxygen atoms in total. The van der Waals surface area contributed by atoms with Crippen molar-refractivity contribution >= 4 is 5.91 Å². The number of hydrogen-bond acceptors (Lipinski definition) is 6. The fraction of sp³-hybridized carbons (Fsp3) is 0.300. The molecule has 144 valence electrons. The van der Waals surface area contributed by atoms with E-state index in [1.165, 1.54) is 4.80 Å². The average molecular weight is 379 g/mol. The van der Waals surface area contributed by atoms with Crippen LogP contribution in [0.4, 0.5) is 0 Å². The van der Waals surface area contributed by atoms with E-state index in [1.54, 1.807) is 11.9 Å². The predicted octanol–water partition coefficient (Wildman–Crippen LogP) is 2.51. The molecule has 1 aromatic heterocycles. The zero-order valence-corrected chi connectivity index (χ0v) is 15.6. The first-order chi connectivity index (χ1) is 13.7. The summed E-state index contributed by atoms with van der Waals surface area (Å²) in [5.74, 6) is 2.13. The number of aryl methyl sites for hydroxylation is 1. The van der Waals surface area contributed by atoms with Gasteiger partial charge in [0.1, 0.15) is 0 Å². The number of nitrogens with zero attached hydrogens (tertiary/aromatic N) is 5. The van der Waals surface area contributed by atoms with Gasteiger partial charge < -0.3 is 14.4 Å². The van der Waals surface area contributed by atoms with Gasteiger partial charge in [-0.05, 0) is 29.3 Å². The van der Waals surface area contributed by atoms with E-state index in [4.69, 9.17) is 9.47 Å². The molecule has 2 heterocycles. The van der Waals surface area contributed by atoms with Crippen molar-refractivity contribution in [2.24, 2.45) is 0 Å². The number of aromatic nitrogens is 4. The van der Waals surface area contributed by atoms with Gasteiger partial charge >= 0.3 is 0 Å². The fourth-order valence-corrected chi connectivity index (χ4v) is 3.00. The standard InChI is InChI=1S/C20H21N5O3/c1-24(13-15-9-10-17-18(12-15)28-14-27-17)19(26)8-5-11-25-22-20(21-23-25)16-6-3-2-4-7-16/h2-4,6-7,9-10,12H,5,8,11,13-14H2,1H3. The summed E-state index contributed by atoms with van der Waals surface area (Å²) in [7, 11) is 1.80. The smallest absolute Gasteiger partial charge is 0.231 e. The Morgan fingerprint density at radius 2 is 1.96 bits per heavy atom. The molecule has 0 atom stereocenters. The number of ether oxygens (including phenoxy) is 2. The van der Waals surface area contributed by atoms with Crippen LogP contribution < -0.4 is 9.47 Å². The van der Waals surface area contributed by atoms with E-state index in [1.807, 2.05) is 48.5 Å². The number of benzene rings is 2. The van der Waals surface area contributed by atoms with E-state index >= 15 is 0 Å². The highest BCUT2D eigenvalue weighted by Crippen LogP contribution is 2.32. The van der Waals surface area contributed by atoms with Gasteiger partial charge in [-0.1, -0.05) is 36.4 Å². The lowest BCUT2D eigenvalue weighted by Gasteiger charge is -2.17. The number of carbonyl (C=O) groups is 1. The molecule has 2 aromatic carbocycles. The van der Waals surface area contributed by atoms with Crippen molar-refractivity contribution < 1.29 is 14.3 Å². The molecule has 0 fully saturated rings. The summed E-state index contributed by atoms with van der Waals surface area (Å²) in [5.41, 5.74) is 1.93. The maximum absolute atomic E-state index is 12.4. The average Bonchev–Trinajstić information content (AvgIpc) is 3.37. The molecule has 0 radical (unpaired) electrons. The summed E-state index contributed by atoms with van der Waals surface area (Å²) < 4.78 is 10.7. The number of carbonyl (C=O) groups excluding carboxylic acids is 1. The van der Waals surface area contributed by atoms with Gasteiger partial charge in [0.25, 0.3) is 0 Å². The van der Waals surface area contributed by atoms with Crippen molar-refractivity contribution in [2.45, 2.75) is 25.9 Å². The first-order valence-corrected chi connectivity index (χ1v) is 9.15. The summed E-state index contributed by atoms with van der Waals surface area (Å²) in [5, 5.41) is 12.5. The maximum Gasteiger partial charge on any atom is 0.231 e. The molecule has 0 saturated carbocycles. The first kappa shape index (κ1) is 18.0. The van der Waals surface area contributed by atoms with Crippen LogP contribution in [0.5, 0.6) is 11.5 Å². The second-order valence-corrected chi connectivity index (χ2v) is 6.62. The highest BCUT2D eigenvalue weighted by Gasteiger charge is 2.15. The Morgan fingerprint density at radius 3 is 2.82 bits per heavy atom. The van der Waals surface area contributed by atoms with Gasteiger partial charge in [-0.25, -0.2) is 0 Å². The van der Waals surface area contributed by atoms with Crippen LogP contribution in [0.15, 0.2) is 48.5 Å². The SMILES string of the molecule is CN(Cc1ccc2c(c1)OCO2)C(=O)CCCn1nnc(-c2ccccc2)n1. The van der Waals surface area contributed by atoms with Crippen LogP contribution in [0.1, 0.15) is 18.4 Å². The van der Waals surface area contributed by atoms with Crippen LogP contribution in [-0.4, -0.2) is 44.9 Å². The molecule has 1 aliphatic rings. The normalized spacial score (nSPS) is 12.2. The van der Waals surface area contributed by atoms with Crippen molar-refractivity contribution in [1.82, 2.24) is 25.1 Å². The van der Waals surface area contributed by atoms with Gasteiger partial charge in [0, 0.05) is 25.6 Å². The van der Waals surface area contributed by atoms with Crippen LogP contribution in [0.25, 0.3) is 11.4 Å².